The van der Waals surface area contributed by atoms with Gasteiger partial charge in [0, 0.05) is 12.6 Å². The maximum absolute atomic E-state index is 5.94. The van der Waals surface area contributed by atoms with Crippen LogP contribution >= 0.6 is 0 Å². The molecule has 2 unspecified atom stereocenters. The van der Waals surface area contributed by atoms with Crippen LogP contribution in [0, 0.1) is 5.41 Å². The van der Waals surface area contributed by atoms with Crippen molar-refractivity contribution in [2.24, 2.45) is 11.1 Å². The molecule has 112 valence electrons. The molecule has 0 amide bonds. The second kappa shape index (κ2) is 7.05. The molecular weight excluding hydrogens is 236 g/mol. The first-order chi connectivity index (χ1) is 9.12. The number of nitrogens with zero attached hydrogens (tertiary/aromatic N) is 1. The second-order valence-corrected chi connectivity index (χ2v) is 7.10. The zero-order chi connectivity index (χ0) is 13.7. The van der Waals surface area contributed by atoms with E-state index < -0.39 is 0 Å². The maximum Gasteiger partial charge on any atom is 0.0730 e. The highest BCUT2D eigenvalue weighted by atomic mass is 16.5. The first-order valence-corrected chi connectivity index (χ1v) is 8.18. The average molecular weight is 268 g/mol. The lowest BCUT2D eigenvalue weighted by atomic mass is 9.84. The lowest BCUT2D eigenvalue weighted by Gasteiger charge is -2.44. The van der Waals surface area contributed by atoms with Crippen LogP contribution in [0.1, 0.15) is 58.8 Å². The molecule has 3 heteroatoms. The van der Waals surface area contributed by atoms with Gasteiger partial charge in [0.15, 0.2) is 0 Å². The zero-order valence-electron chi connectivity index (χ0n) is 12.9. The summed E-state index contributed by atoms with van der Waals surface area (Å²) in [6, 6.07) is 0.708. The molecule has 0 bridgehead atoms. The maximum atomic E-state index is 5.94. The molecule has 2 N–H and O–H groups in total. The van der Waals surface area contributed by atoms with Crippen LogP contribution in [-0.4, -0.2) is 43.3 Å². The summed E-state index contributed by atoms with van der Waals surface area (Å²) in [6.07, 6.45) is 9.63. The number of morpholine rings is 1. The third-order valence-electron chi connectivity index (χ3n) is 4.97. The van der Waals surface area contributed by atoms with Gasteiger partial charge in [-0.3, -0.25) is 4.90 Å². The summed E-state index contributed by atoms with van der Waals surface area (Å²) < 4.78 is 5.94. The summed E-state index contributed by atoms with van der Waals surface area (Å²) in [5.74, 6) is 0. The molecule has 2 atom stereocenters. The van der Waals surface area contributed by atoms with Crippen LogP contribution < -0.4 is 5.73 Å². The summed E-state index contributed by atoms with van der Waals surface area (Å²) in [5.41, 5.74) is 6.10. The summed E-state index contributed by atoms with van der Waals surface area (Å²) in [6.45, 7) is 8.84. The van der Waals surface area contributed by atoms with Crippen molar-refractivity contribution in [1.82, 2.24) is 4.90 Å². The molecule has 2 rings (SSSR count). The number of ether oxygens (including phenoxy) is 1. The average Bonchev–Trinajstić information content (AvgIpc) is 2.39. The van der Waals surface area contributed by atoms with Crippen molar-refractivity contribution < 1.29 is 4.74 Å². The van der Waals surface area contributed by atoms with Crippen LogP contribution in [0.2, 0.25) is 0 Å². The third-order valence-corrected chi connectivity index (χ3v) is 4.97. The number of rotatable bonds is 6. The molecule has 2 fully saturated rings. The van der Waals surface area contributed by atoms with Gasteiger partial charge in [-0.05, 0) is 50.6 Å². The van der Waals surface area contributed by atoms with E-state index in [-0.39, 0.29) is 0 Å². The van der Waals surface area contributed by atoms with Crippen molar-refractivity contribution >= 4 is 0 Å². The quantitative estimate of drug-likeness (QED) is 0.805. The lowest BCUT2D eigenvalue weighted by molar-refractivity contribution is -0.0887. The molecule has 0 aromatic rings. The van der Waals surface area contributed by atoms with Crippen molar-refractivity contribution in [3.05, 3.63) is 0 Å². The van der Waals surface area contributed by atoms with E-state index >= 15 is 0 Å². The standard InChI is InChI=1S/C16H32N2O/c1-16(2,9-10-17)8-5-11-18-12-13-19-15-7-4-3-6-14(15)18/h14-15H,3-13,17H2,1-2H3. The van der Waals surface area contributed by atoms with Crippen LogP contribution in [0.3, 0.4) is 0 Å². The topological polar surface area (TPSA) is 38.5 Å². The van der Waals surface area contributed by atoms with Gasteiger partial charge in [-0.15, -0.1) is 0 Å². The Morgan fingerprint density at radius 1 is 1.21 bits per heavy atom. The van der Waals surface area contributed by atoms with Gasteiger partial charge in [-0.1, -0.05) is 26.7 Å². The fraction of sp³-hybridized carbons (Fsp3) is 1.00. The predicted octanol–water partition coefficient (Wildman–Crippen LogP) is 2.79. The van der Waals surface area contributed by atoms with E-state index in [1.165, 1.54) is 45.1 Å². The van der Waals surface area contributed by atoms with E-state index in [1.807, 2.05) is 0 Å². The van der Waals surface area contributed by atoms with Crippen molar-refractivity contribution in [2.45, 2.75) is 70.9 Å². The van der Waals surface area contributed by atoms with Crippen molar-refractivity contribution in [2.75, 3.05) is 26.2 Å². The minimum absolute atomic E-state index is 0.410. The molecule has 2 aliphatic rings. The zero-order valence-corrected chi connectivity index (χ0v) is 12.9. The first-order valence-electron chi connectivity index (χ1n) is 8.18. The molecule has 1 saturated heterocycles. The van der Waals surface area contributed by atoms with Crippen LogP contribution in [0.5, 0.6) is 0 Å². The smallest absolute Gasteiger partial charge is 0.0730 e. The van der Waals surface area contributed by atoms with Gasteiger partial charge in [0.25, 0.3) is 0 Å². The molecule has 1 heterocycles. The Kier molecular flexibility index (Phi) is 5.67. The van der Waals surface area contributed by atoms with Crippen LogP contribution in [-0.2, 0) is 4.74 Å². The van der Waals surface area contributed by atoms with Gasteiger partial charge in [0.1, 0.15) is 0 Å². The molecule has 19 heavy (non-hydrogen) atoms. The highest BCUT2D eigenvalue weighted by Crippen LogP contribution is 2.30. The Labute approximate surface area is 118 Å². The van der Waals surface area contributed by atoms with Crippen molar-refractivity contribution in [1.29, 1.82) is 0 Å². The molecule has 1 aliphatic heterocycles. The van der Waals surface area contributed by atoms with Gasteiger partial charge in [-0.2, -0.15) is 0 Å². The van der Waals surface area contributed by atoms with Crippen molar-refractivity contribution in [3.63, 3.8) is 0 Å². The fourth-order valence-corrected chi connectivity index (χ4v) is 3.73. The van der Waals surface area contributed by atoms with Gasteiger partial charge in [-0.25, -0.2) is 0 Å². The second-order valence-electron chi connectivity index (χ2n) is 7.10. The first kappa shape index (κ1) is 15.3. The SMILES string of the molecule is CC(C)(CCN)CCCN1CCOC2CCCCC21. The van der Waals surface area contributed by atoms with Crippen molar-refractivity contribution in [3.8, 4) is 0 Å². The Hall–Kier alpha value is -0.120. The van der Waals surface area contributed by atoms with Gasteiger partial charge in [0.2, 0.25) is 0 Å². The Morgan fingerprint density at radius 2 is 2.00 bits per heavy atom. The molecule has 0 radical (unpaired) electrons. The lowest BCUT2D eigenvalue weighted by Crippen LogP contribution is -2.52. The van der Waals surface area contributed by atoms with E-state index in [4.69, 9.17) is 10.5 Å². The normalized spacial score (nSPS) is 29.2. The summed E-state index contributed by atoms with van der Waals surface area (Å²) in [4.78, 5) is 2.70. The highest BCUT2D eigenvalue weighted by Gasteiger charge is 2.33. The molecule has 3 nitrogen and oxygen atoms in total. The minimum atomic E-state index is 0.410. The van der Waals surface area contributed by atoms with Gasteiger partial charge < -0.3 is 10.5 Å². The van der Waals surface area contributed by atoms with Crippen LogP contribution in [0.4, 0.5) is 0 Å². The Morgan fingerprint density at radius 3 is 2.79 bits per heavy atom. The van der Waals surface area contributed by atoms with Crippen LogP contribution in [0.15, 0.2) is 0 Å². The number of hydrogen-bond acceptors (Lipinski definition) is 3. The predicted molar refractivity (Wildman–Crippen MR) is 80.3 cm³/mol. The van der Waals surface area contributed by atoms with E-state index in [9.17, 15) is 0 Å². The van der Waals surface area contributed by atoms with E-state index in [0.717, 1.165) is 26.1 Å². The van der Waals surface area contributed by atoms with Gasteiger partial charge in [0.05, 0.1) is 12.7 Å². The highest BCUT2D eigenvalue weighted by molar-refractivity contribution is 4.87. The van der Waals surface area contributed by atoms with E-state index in [1.54, 1.807) is 0 Å². The molecule has 1 aliphatic carbocycles. The van der Waals surface area contributed by atoms with E-state index in [0.29, 0.717) is 17.6 Å². The number of nitrogens with two attached hydrogens (primary N) is 1. The fourth-order valence-electron chi connectivity index (χ4n) is 3.73. The largest absolute Gasteiger partial charge is 0.375 e. The summed E-state index contributed by atoms with van der Waals surface area (Å²) >= 11 is 0. The number of fused-ring (bicyclic) bond motifs is 1. The molecule has 0 aromatic carbocycles. The summed E-state index contributed by atoms with van der Waals surface area (Å²) in [5, 5.41) is 0. The van der Waals surface area contributed by atoms with Gasteiger partial charge >= 0.3 is 0 Å². The molecule has 0 aromatic heterocycles. The van der Waals surface area contributed by atoms with E-state index in [2.05, 4.69) is 18.7 Å². The number of hydrogen-bond donors (Lipinski definition) is 1. The molecule has 0 spiro atoms. The Balaban J connectivity index is 1.75. The third kappa shape index (κ3) is 4.44. The minimum Gasteiger partial charge on any atom is -0.375 e. The molecular formula is C16H32N2O. The molecule has 1 saturated carbocycles. The Bertz CT molecular complexity index is 265. The monoisotopic (exact) mass is 268 g/mol. The summed E-state index contributed by atoms with van der Waals surface area (Å²) in [7, 11) is 0. The van der Waals surface area contributed by atoms with Crippen LogP contribution in [0.25, 0.3) is 0 Å².